The van der Waals surface area contributed by atoms with Crippen molar-refractivity contribution in [1.82, 2.24) is 5.43 Å². The second-order valence-corrected chi connectivity index (χ2v) is 3.02. The predicted octanol–water partition coefficient (Wildman–Crippen LogP) is 0.276. The van der Waals surface area contributed by atoms with Gasteiger partial charge in [-0.05, 0) is 19.1 Å². The summed E-state index contributed by atoms with van der Waals surface area (Å²) in [5.74, 6) is 4.14. The predicted molar refractivity (Wildman–Crippen MR) is 60.2 cm³/mol. The number of carbonyl (C=O) groups excluding carboxylic acids is 1. The van der Waals surface area contributed by atoms with Crippen LogP contribution in [0.4, 0.5) is 5.69 Å². The van der Waals surface area contributed by atoms with E-state index in [2.05, 4.69) is 10.5 Å². The third-order valence-corrected chi connectivity index (χ3v) is 1.80. The maximum atomic E-state index is 11.0. The second-order valence-electron chi connectivity index (χ2n) is 3.02. The number of nitrogens with two attached hydrogens (primary N) is 1. The summed E-state index contributed by atoms with van der Waals surface area (Å²) >= 11 is 0. The van der Waals surface area contributed by atoms with Gasteiger partial charge in [-0.1, -0.05) is 17.7 Å². The molecule has 0 atom stereocenters. The average Bonchev–Trinajstić information content (AvgIpc) is 2.31. The van der Waals surface area contributed by atoms with E-state index in [1.807, 2.05) is 24.5 Å². The lowest BCUT2D eigenvalue weighted by Crippen LogP contribution is -2.36. The maximum absolute atomic E-state index is 11.0. The van der Waals surface area contributed by atoms with E-state index in [1.54, 1.807) is 18.2 Å². The molecule has 4 N–H and O–H groups in total. The summed E-state index contributed by atoms with van der Waals surface area (Å²) in [5.41, 5.74) is 5.88. The zero-order valence-electron chi connectivity index (χ0n) is 8.69. The first-order valence-electron chi connectivity index (χ1n) is 4.48. The highest BCUT2D eigenvalue weighted by molar-refractivity contribution is 6.45. The summed E-state index contributed by atoms with van der Waals surface area (Å²) < 4.78 is 0. The van der Waals surface area contributed by atoms with Crippen LogP contribution < -0.4 is 16.7 Å². The van der Waals surface area contributed by atoms with Gasteiger partial charge < -0.3 is 0 Å². The van der Waals surface area contributed by atoms with Crippen LogP contribution in [0.25, 0.3) is 0 Å². The molecule has 0 aromatic heterocycles. The molecule has 0 aliphatic rings. The molecule has 6 heteroatoms. The van der Waals surface area contributed by atoms with E-state index in [-0.39, 0.29) is 5.71 Å². The highest BCUT2D eigenvalue weighted by Crippen LogP contribution is 2.08. The molecule has 0 heterocycles. The largest absolute Gasteiger partial charge is 0.296 e. The van der Waals surface area contributed by atoms with Crippen LogP contribution in [0.15, 0.2) is 29.4 Å². The molecule has 0 aliphatic heterocycles. The molecule has 6 nitrogen and oxygen atoms in total. The number of rotatable bonds is 3. The van der Waals surface area contributed by atoms with Crippen LogP contribution in [0.1, 0.15) is 5.56 Å². The fourth-order valence-electron chi connectivity index (χ4n) is 0.943. The van der Waals surface area contributed by atoms with Gasteiger partial charge in [0.15, 0.2) is 0 Å². The summed E-state index contributed by atoms with van der Waals surface area (Å²) in [7, 11) is 0. The van der Waals surface area contributed by atoms with E-state index in [0.29, 0.717) is 5.69 Å². The molecule has 0 saturated heterocycles. The monoisotopic (exact) mass is 217 g/mol. The minimum atomic E-state index is -0.734. The summed E-state index contributed by atoms with van der Waals surface area (Å²) in [6.07, 6.45) is 0. The van der Waals surface area contributed by atoms with E-state index >= 15 is 0 Å². The zero-order valence-corrected chi connectivity index (χ0v) is 8.69. The summed E-state index contributed by atoms with van der Waals surface area (Å²) in [4.78, 5) is 11.0. The van der Waals surface area contributed by atoms with Crippen molar-refractivity contribution in [3.8, 4) is 6.07 Å². The Morgan fingerprint density at radius 1 is 1.44 bits per heavy atom. The molecule has 0 aliphatic carbocycles. The van der Waals surface area contributed by atoms with E-state index in [0.717, 1.165) is 5.56 Å². The summed E-state index contributed by atoms with van der Waals surface area (Å²) in [5, 5.41) is 12.2. The molecular weight excluding hydrogens is 206 g/mol. The van der Waals surface area contributed by atoms with Gasteiger partial charge in [-0.15, -0.1) is 0 Å². The number of anilines is 1. The minimum absolute atomic E-state index is 0.330. The molecule has 0 fully saturated rings. The molecule has 0 bridgehead atoms. The molecule has 0 spiro atoms. The van der Waals surface area contributed by atoms with Crippen molar-refractivity contribution in [2.45, 2.75) is 6.92 Å². The van der Waals surface area contributed by atoms with E-state index in [1.165, 1.54) is 0 Å². The van der Waals surface area contributed by atoms with Crippen LogP contribution in [0.5, 0.6) is 0 Å². The molecule has 0 radical (unpaired) electrons. The summed E-state index contributed by atoms with van der Waals surface area (Å²) in [6, 6.07) is 8.97. The molecule has 0 unspecified atom stereocenters. The van der Waals surface area contributed by atoms with Crippen LogP contribution in [0.3, 0.4) is 0 Å². The quantitative estimate of drug-likeness (QED) is 0.293. The molecule has 1 aromatic carbocycles. The number of benzene rings is 1. The van der Waals surface area contributed by atoms with E-state index in [4.69, 9.17) is 11.1 Å². The van der Waals surface area contributed by atoms with Crippen LogP contribution >= 0.6 is 0 Å². The van der Waals surface area contributed by atoms with Gasteiger partial charge in [0, 0.05) is 0 Å². The standard InChI is InChI=1S/C10H11N5O/c1-7-2-4-8(5-3-7)14-15-9(6-11)10(16)13-12/h2-5,14H,12H2,1H3,(H,13,16). The molecule has 0 saturated carbocycles. The van der Waals surface area contributed by atoms with Crippen molar-refractivity contribution < 1.29 is 4.79 Å². The molecule has 1 aromatic rings. The molecule has 1 rings (SSSR count). The number of nitrogens with one attached hydrogen (secondary N) is 2. The third kappa shape index (κ3) is 3.08. The fraction of sp³-hybridized carbons (Fsp3) is 0.100. The maximum Gasteiger partial charge on any atom is 0.296 e. The Labute approximate surface area is 92.7 Å². The van der Waals surface area contributed by atoms with Gasteiger partial charge in [-0.25, -0.2) is 5.84 Å². The smallest absolute Gasteiger partial charge is 0.288 e. The average molecular weight is 217 g/mol. The second kappa shape index (κ2) is 5.48. The van der Waals surface area contributed by atoms with Gasteiger partial charge >= 0.3 is 0 Å². The minimum Gasteiger partial charge on any atom is -0.288 e. The molecule has 1 amide bonds. The van der Waals surface area contributed by atoms with Crippen LogP contribution in [-0.4, -0.2) is 11.6 Å². The van der Waals surface area contributed by atoms with Gasteiger partial charge in [-0.3, -0.25) is 15.6 Å². The Morgan fingerprint density at radius 2 is 2.06 bits per heavy atom. The number of aryl methyl sites for hydroxylation is 1. The van der Waals surface area contributed by atoms with Crippen molar-refractivity contribution in [1.29, 1.82) is 5.26 Å². The topological polar surface area (TPSA) is 103 Å². The molecule has 16 heavy (non-hydrogen) atoms. The highest BCUT2D eigenvalue weighted by atomic mass is 16.2. The van der Waals surface area contributed by atoms with Crippen molar-refractivity contribution in [3.05, 3.63) is 29.8 Å². The Morgan fingerprint density at radius 3 is 2.56 bits per heavy atom. The van der Waals surface area contributed by atoms with Gasteiger partial charge in [0.05, 0.1) is 5.69 Å². The number of hydrazine groups is 1. The van der Waals surface area contributed by atoms with Crippen molar-refractivity contribution in [2.75, 3.05) is 5.43 Å². The molecular formula is C10H11N5O. The highest BCUT2D eigenvalue weighted by Gasteiger charge is 2.07. The number of hydrogen-bond acceptors (Lipinski definition) is 5. The summed E-state index contributed by atoms with van der Waals surface area (Å²) in [6.45, 7) is 1.95. The fourth-order valence-corrected chi connectivity index (χ4v) is 0.943. The number of hydrazone groups is 1. The van der Waals surface area contributed by atoms with Gasteiger partial charge in [0.25, 0.3) is 5.91 Å². The first-order chi connectivity index (χ1) is 7.67. The third-order valence-electron chi connectivity index (χ3n) is 1.80. The first-order valence-corrected chi connectivity index (χ1v) is 4.48. The Hall–Kier alpha value is -2.39. The number of nitrogens with zero attached hydrogens (tertiary/aromatic N) is 2. The van der Waals surface area contributed by atoms with Crippen molar-refractivity contribution >= 4 is 17.3 Å². The van der Waals surface area contributed by atoms with E-state index in [9.17, 15) is 4.79 Å². The van der Waals surface area contributed by atoms with Crippen LogP contribution in [-0.2, 0) is 4.79 Å². The Bertz CT molecular complexity index is 443. The first kappa shape index (κ1) is 11.7. The van der Waals surface area contributed by atoms with Gasteiger partial charge in [0.2, 0.25) is 5.71 Å². The van der Waals surface area contributed by atoms with Crippen LogP contribution in [0, 0.1) is 18.3 Å². The normalized spacial score (nSPS) is 10.4. The van der Waals surface area contributed by atoms with Crippen LogP contribution in [0.2, 0.25) is 0 Å². The van der Waals surface area contributed by atoms with Crippen molar-refractivity contribution in [2.24, 2.45) is 10.9 Å². The molecule has 82 valence electrons. The zero-order chi connectivity index (χ0) is 12.0. The Balaban J connectivity index is 2.75. The SMILES string of the molecule is Cc1ccc(NN=C(C#N)C(=O)NN)cc1. The Kier molecular flexibility index (Phi) is 4.00. The van der Waals surface area contributed by atoms with E-state index < -0.39 is 5.91 Å². The lowest BCUT2D eigenvalue weighted by Gasteiger charge is -2.01. The number of carbonyl (C=O) groups is 1. The lowest BCUT2D eigenvalue weighted by atomic mass is 10.2. The number of amides is 1. The number of nitriles is 1. The van der Waals surface area contributed by atoms with Gasteiger partial charge in [0.1, 0.15) is 6.07 Å². The number of hydrogen-bond donors (Lipinski definition) is 3. The lowest BCUT2D eigenvalue weighted by molar-refractivity contribution is -0.114. The van der Waals surface area contributed by atoms with Crippen molar-refractivity contribution in [3.63, 3.8) is 0 Å². The van der Waals surface area contributed by atoms with Gasteiger partial charge in [-0.2, -0.15) is 10.4 Å².